The number of Topliss-reactive ketones (excluding diaryl/α,β-unsaturated/α-hetero) is 1. The molecular weight excluding hydrogens is 400 g/mol. The van der Waals surface area contributed by atoms with E-state index in [0.29, 0.717) is 11.5 Å². The summed E-state index contributed by atoms with van der Waals surface area (Å²) in [6, 6.07) is 3.64. The van der Waals surface area contributed by atoms with Crippen molar-refractivity contribution in [2.24, 2.45) is 0 Å². The second-order valence-corrected chi connectivity index (χ2v) is 10.5. The van der Waals surface area contributed by atoms with Crippen molar-refractivity contribution in [1.29, 1.82) is 0 Å². The van der Waals surface area contributed by atoms with E-state index in [4.69, 9.17) is 18.9 Å². The van der Waals surface area contributed by atoms with E-state index in [1.165, 1.54) is 0 Å². The summed E-state index contributed by atoms with van der Waals surface area (Å²) in [5.74, 6) is -1.66. The fraction of sp³-hybridized carbons (Fsp3) is 0.667. The van der Waals surface area contributed by atoms with Gasteiger partial charge in [0, 0.05) is 17.5 Å². The molecule has 1 aromatic rings. The van der Waals surface area contributed by atoms with Gasteiger partial charge in [-0.1, -0.05) is 41.5 Å². The SMILES string of the molecule is COc1cc(C(C)(C)C)c(OC(=O)C(=O)C[C@@H](O)[C@H]2COC(C)(C)O2)c(C(C)(C)C)c1. The highest BCUT2D eigenvalue weighted by molar-refractivity contribution is 6.34. The molecule has 0 aromatic heterocycles. The van der Waals surface area contributed by atoms with Crippen LogP contribution < -0.4 is 9.47 Å². The van der Waals surface area contributed by atoms with Crippen LogP contribution in [-0.2, 0) is 29.9 Å². The Morgan fingerprint density at radius 1 is 1.13 bits per heavy atom. The van der Waals surface area contributed by atoms with Crippen molar-refractivity contribution in [3.05, 3.63) is 23.3 Å². The Labute approximate surface area is 185 Å². The van der Waals surface area contributed by atoms with E-state index in [2.05, 4.69) is 0 Å². The molecule has 7 heteroatoms. The first-order valence-electron chi connectivity index (χ1n) is 10.5. The summed E-state index contributed by atoms with van der Waals surface area (Å²) in [6.45, 7) is 15.6. The minimum Gasteiger partial charge on any atom is -0.497 e. The van der Waals surface area contributed by atoms with Gasteiger partial charge in [-0.05, 0) is 36.8 Å². The second-order valence-electron chi connectivity index (χ2n) is 10.5. The van der Waals surface area contributed by atoms with Gasteiger partial charge in [0.2, 0.25) is 5.78 Å². The van der Waals surface area contributed by atoms with Gasteiger partial charge >= 0.3 is 5.97 Å². The van der Waals surface area contributed by atoms with Gasteiger partial charge in [-0.25, -0.2) is 4.79 Å². The maximum atomic E-state index is 12.7. The molecule has 31 heavy (non-hydrogen) atoms. The number of esters is 1. The third-order valence-corrected chi connectivity index (χ3v) is 5.19. The summed E-state index contributed by atoms with van der Waals surface area (Å²) in [4.78, 5) is 25.3. The van der Waals surface area contributed by atoms with E-state index >= 15 is 0 Å². The van der Waals surface area contributed by atoms with Crippen LogP contribution in [-0.4, -0.2) is 48.6 Å². The monoisotopic (exact) mass is 436 g/mol. The van der Waals surface area contributed by atoms with E-state index < -0.39 is 36.2 Å². The average molecular weight is 437 g/mol. The number of rotatable bonds is 6. The highest BCUT2D eigenvalue weighted by Gasteiger charge is 2.39. The first kappa shape index (κ1) is 25.3. The average Bonchev–Trinajstić information content (AvgIpc) is 2.99. The Morgan fingerprint density at radius 2 is 1.65 bits per heavy atom. The molecule has 0 amide bonds. The van der Waals surface area contributed by atoms with Gasteiger partial charge in [0.15, 0.2) is 5.79 Å². The Kier molecular flexibility index (Phi) is 7.25. The smallest absolute Gasteiger partial charge is 0.380 e. The number of ether oxygens (including phenoxy) is 4. The first-order chi connectivity index (χ1) is 14.0. The van der Waals surface area contributed by atoms with E-state index in [1.807, 2.05) is 53.7 Å². The highest BCUT2D eigenvalue weighted by Crippen LogP contribution is 2.42. The van der Waals surface area contributed by atoms with Gasteiger partial charge in [-0.2, -0.15) is 0 Å². The molecule has 2 rings (SSSR count). The zero-order valence-corrected chi connectivity index (χ0v) is 20.1. The largest absolute Gasteiger partial charge is 0.497 e. The standard InChI is InChI=1S/C24H36O7/c1-22(2,3)15-10-14(28-9)11-16(23(4,5)6)20(15)30-21(27)18(26)12-17(25)19-13-29-24(7,8)31-19/h10-11,17,19,25H,12-13H2,1-9H3/t17-,19-/m1/s1. The summed E-state index contributed by atoms with van der Waals surface area (Å²) >= 11 is 0. The minimum atomic E-state index is -1.16. The maximum Gasteiger partial charge on any atom is 0.380 e. The number of carbonyl (C=O) groups is 2. The number of aliphatic hydroxyl groups excluding tert-OH is 1. The summed E-state index contributed by atoms with van der Waals surface area (Å²) in [6.07, 6.45) is -2.25. The molecule has 7 nitrogen and oxygen atoms in total. The van der Waals surface area contributed by atoms with Crippen molar-refractivity contribution in [1.82, 2.24) is 0 Å². The van der Waals surface area contributed by atoms with Crippen molar-refractivity contribution in [3.63, 3.8) is 0 Å². The Hall–Kier alpha value is -1.96. The molecule has 1 N–H and O–H groups in total. The maximum absolute atomic E-state index is 12.7. The van der Waals surface area contributed by atoms with Crippen LogP contribution in [0.15, 0.2) is 12.1 Å². The lowest BCUT2D eigenvalue weighted by Crippen LogP contribution is -2.35. The Bertz CT molecular complexity index is 792. The van der Waals surface area contributed by atoms with E-state index in [1.54, 1.807) is 21.0 Å². The second kappa shape index (κ2) is 8.88. The first-order valence-corrected chi connectivity index (χ1v) is 10.5. The molecule has 0 spiro atoms. The topological polar surface area (TPSA) is 91.3 Å². The molecule has 174 valence electrons. The zero-order valence-electron chi connectivity index (χ0n) is 20.1. The van der Waals surface area contributed by atoms with E-state index in [9.17, 15) is 14.7 Å². The van der Waals surface area contributed by atoms with Crippen molar-refractivity contribution in [2.45, 2.75) is 90.6 Å². The fourth-order valence-corrected chi connectivity index (χ4v) is 3.40. The number of carbonyl (C=O) groups excluding carboxylic acids is 2. The van der Waals surface area contributed by atoms with Gasteiger partial charge in [-0.3, -0.25) is 4.79 Å². The van der Waals surface area contributed by atoms with E-state index in [-0.39, 0.29) is 17.4 Å². The Balaban J connectivity index is 2.29. The molecule has 1 aliphatic heterocycles. The number of aliphatic hydroxyl groups is 1. The molecule has 0 bridgehead atoms. The van der Waals surface area contributed by atoms with Gasteiger partial charge in [-0.15, -0.1) is 0 Å². The third-order valence-electron chi connectivity index (χ3n) is 5.19. The van der Waals surface area contributed by atoms with Crippen molar-refractivity contribution in [3.8, 4) is 11.5 Å². The lowest BCUT2D eigenvalue weighted by molar-refractivity contribution is -0.156. The summed E-state index contributed by atoms with van der Waals surface area (Å²) in [5.41, 5.74) is 0.779. The van der Waals surface area contributed by atoms with Crippen molar-refractivity contribution >= 4 is 11.8 Å². The van der Waals surface area contributed by atoms with Gasteiger partial charge < -0.3 is 24.1 Å². The third kappa shape index (κ3) is 6.28. The van der Waals surface area contributed by atoms with Crippen LogP contribution in [0.25, 0.3) is 0 Å². The minimum absolute atomic E-state index is 0.150. The molecule has 0 saturated carbocycles. The van der Waals surface area contributed by atoms with Crippen molar-refractivity contribution < 1.29 is 33.6 Å². The van der Waals surface area contributed by atoms with Crippen LogP contribution in [0.3, 0.4) is 0 Å². The number of benzene rings is 1. The lowest BCUT2D eigenvalue weighted by atomic mass is 9.79. The molecule has 2 atom stereocenters. The number of hydrogen-bond donors (Lipinski definition) is 1. The van der Waals surface area contributed by atoms with Crippen LogP contribution in [0, 0.1) is 0 Å². The van der Waals surface area contributed by atoms with Crippen LogP contribution >= 0.6 is 0 Å². The van der Waals surface area contributed by atoms with Crippen LogP contribution in [0.1, 0.15) is 72.9 Å². The summed E-state index contributed by atoms with van der Waals surface area (Å²) in [5, 5.41) is 10.4. The summed E-state index contributed by atoms with van der Waals surface area (Å²) in [7, 11) is 1.58. The fourth-order valence-electron chi connectivity index (χ4n) is 3.40. The lowest BCUT2D eigenvalue weighted by Gasteiger charge is -2.29. The molecule has 0 aliphatic carbocycles. The molecule has 1 aromatic carbocycles. The van der Waals surface area contributed by atoms with Crippen molar-refractivity contribution in [2.75, 3.05) is 13.7 Å². The molecule has 1 heterocycles. The molecule has 1 saturated heterocycles. The van der Waals surface area contributed by atoms with Crippen LogP contribution in [0.2, 0.25) is 0 Å². The predicted octanol–water partition coefficient (Wildman–Crippen LogP) is 3.67. The quantitative estimate of drug-likeness (QED) is 0.413. The molecule has 0 radical (unpaired) electrons. The van der Waals surface area contributed by atoms with Gasteiger partial charge in [0.1, 0.15) is 17.6 Å². The number of ketones is 1. The molecule has 1 aliphatic rings. The van der Waals surface area contributed by atoms with E-state index in [0.717, 1.165) is 11.1 Å². The van der Waals surface area contributed by atoms with Crippen LogP contribution in [0.4, 0.5) is 0 Å². The normalized spacial score (nSPS) is 19.7. The zero-order chi connectivity index (χ0) is 23.8. The summed E-state index contributed by atoms with van der Waals surface area (Å²) < 4.78 is 22.1. The number of methoxy groups -OCH3 is 1. The van der Waals surface area contributed by atoms with Gasteiger partial charge in [0.05, 0.1) is 19.8 Å². The molecular formula is C24H36O7. The molecule has 0 unspecified atom stereocenters. The number of hydrogen-bond acceptors (Lipinski definition) is 7. The molecule has 1 fully saturated rings. The van der Waals surface area contributed by atoms with Gasteiger partial charge in [0.25, 0.3) is 0 Å². The van der Waals surface area contributed by atoms with Crippen LogP contribution in [0.5, 0.6) is 11.5 Å². The predicted molar refractivity (Wildman–Crippen MR) is 117 cm³/mol. The highest BCUT2D eigenvalue weighted by atomic mass is 16.7. The Morgan fingerprint density at radius 3 is 2.03 bits per heavy atom.